The molecule has 1 aromatic carbocycles. The zero-order chi connectivity index (χ0) is 11.5. The summed E-state index contributed by atoms with van der Waals surface area (Å²) in [6.45, 7) is 3.34. The Morgan fingerprint density at radius 3 is 2.94 bits per heavy atom. The molecule has 4 heteroatoms. The van der Waals surface area contributed by atoms with Gasteiger partial charge in [-0.1, -0.05) is 17.7 Å². The van der Waals surface area contributed by atoms with Crippen molar-refractivity contribution < 1.29 is 9.47 Å². The molecule has 1 aliphatic rings. The fourth-order valence-electron chi connectivity index (χ4n) is 1.68. The van der Waals surface area contributed by atoms with E-state index in [-0.39, 0.29) is 12.1 Å². The highest BCUT2D eigenvalue weighted by Gasteiger charge is 2.18. The van der Waals surface area contributed by atoms with Crippen LogP contribution in [0.15, 0.2) is 18.2 Å². The summed E-state index contributed by atoms with van der Waals surface area (Å²) in [5.74, 6) is 0.710. The van der Waals surface area contributed by atoms with E-state index in [1.807, 2.05) is 25.1 Å². The Kier molecular flexibility index (Phi) is 3.69. The van der Waals surface area contributed by atoms with Crippen LogP contribution in [-0.2, 0) is 4.74 Å². The minimum Gasteiger partial charge on any atom is -0.486 e. The fraction of sp³-hybridized carbons (Fsp3) is 0.500. The van der Waals surface area contributed by atoms with Gasteiger partial charge in [0, 0.05) is 12.5 Å². The molecule has 0 aliphatic carbocycles. The molecule has 1 saturated heterocycles. The molecule has 0 bridgehead atoms. The molecule has 1 heterocycles. The van der Waals surface area contributed by atoms with E-state index >= 15 is 0 Å². The van der Waals surface area contributed by atoms with Crippen molar-refractivity contribution in [3.63, 3.8) is 0 Å². The second kappa shape index (κ2) is 5.04. The average molecular weight is 242 g/mol. The summed E-state index contributed by atoms with van der Waals surface area (Å²) in [4.78, 5) is 0. The third-order valence-electron chi connectivity index (χ3n) is 2.66. The smallest absolute Gasteiger partial charge is 0.138 e. The molecule has 0 amide bonds. The van der Waals surface area contributed by atoms with Gasteiger partial charge >= 0.3 is 0 Å². The molecule has 0 saturated carbocycles. The van der Waals surface area contributed by atoms with Gasteiger partial charge in [0.1, 0.15) is 11.9 Å². The molecule has 2 atom stereocenters. The van der Waals surface area contributed by atoms with Crippen LogP contribution in [0.1, 0.15) is 24.9 Å². The Bertz CT molecular complexity index is 362. The lowest BCUT2D eigenvalue weighted by atomic mass is 10.1. The number of rotatable bonds is 3. The molecule has 0 spiro atoms. The van der Waals surface area contributed by atoms with Gasteiger partial charge in [0.2, 0.25) is 0 Å². The molecular formula is C12H16ClNO2. The Morgan fingerprint density at radius 1 is 1.56 bits per heavy atom. The van der Waals surface area contributed by atoms with Crippen molar-refractivity contribution >= 4 is 11.6 Å². The van der Waals surface area contributed by atoms with Crippen LogP contribution in [0.5, 0.6) is 5.75 Å². The topological polar surface area (TPSA) is 44.5 Å². The molecule has 2 rings (SSSR count). The highest BCUT2D eigenvalue weighted by molar-refractivity contribution is 6.32. The molecule has 1 aromatic rings. The predicted molar refractivity (Wildman–Crippen MR) is 63.9 cm³/mol. The minimum atomic E-state index is -0.0126. The predicted octanol–water partition coefficient (Wildman–Crippen LogP) is 2.53. The monoisotopic (exact) mass is 241 g/mol. The molecular weight excluding hydrogens is 226 g/mol. The lowest BCUT2D eigenvalue weighted by Gasteiger charge is -2.14. The molecule has 2 unspecified atom stereocenters. The lowest BCUT2D eigenvalue weighted by Crippen LogP contribution is -2.16. The van der Waals surface area contributed by atoms with Crippen molar-refractivity contribution in [1.29, 1.82) is 0 Å². The summed E-state index contributed by atoms with van der Waals surface area (Å²) in [6.07, 6.45) is 1.05. The number of halogens is 1. The van der Waals surface area contributed by atoms with Crippen molar-refractivity contribution in [3.05, 3.63) is 28.8 Å². The molecule has 16 heavy (non-hydrogen) atoms. The van der Waals surface area contributed by atoms with Crippen molar-refractivity contribution in [2.24, 2.45) is 5.73 Å². The van der Waals surface area contributed by atoms with Gasteiger partial charge in [-0.05, 0) is 24.6 Å². The van der Waals surface area contributed by atoms with Crippen LogP contribution in [0.4, 0.5) is 0 Å². The van der Waals surface area contributed by atoms with Crippen molar-refractivity contribution in [1.82, 2.24) is 0 Å². The van der Waals surface area contributed by atoms with Gasteiger partial charge in [-0.3, -0.25) is 0 Å². The van der Waals surface area contributed by atoms with E-state index in [0.29, 0.717) is 17.4 Å². The number of ether oxygens (including phenoxy) is 2. The van der Waals surface area contributed by atoms with Crippen LogP contribution in [0.2, 0.25) is 5.02 Å². The van der Waals surface area contributed by atoms with Crippen LogP contribution < -0.4 is 10.5 Å². The first-order valence-corrected chi connectivity index (χ1v) is 5.84. The SMILES string of the molecule is CC(N)c1ccc(OC2CCOC2)c(Cl)c1. The molecule has 88 valence electrons. The Balaban J connectivity index is 2.09. The largest absolute Gasteiger partial charge is 0.486 e. The summed E-state index contributed by atoms with van der Waals surface area (Å²) < 4.78 is 11.0. The van der Waals surface area contributed by atoms with E-state index in [2.05, 4.69) is 0 Å². The Hall–Kier alpha value is -0.770. The average Bonchev–Trinajstić information content (AvgIpc) is 2.73. The summed E-state index contributed by atoms with van der Waals surface area (Å²) >= 11 is 6.13. The number of benzene rings is 1. The first-order valence-electron chi connectivity index (χ1n) is 5.46. The van der Waals surface area contributed by atoms with Crippen LogP contribution in [0.25, 0.3) is 0 Å². The van der Waals surface area contributed by atoms with E-state index in [1.54, 1.807) is 0 Å². The second-order valence-corrected chi connectivity index (χ2v) is 4.49. The standard InChI is InChI=1S/C12H16ClNO2/c1-8(14)9-2-3-12(11(13)6-9)16-10-4-5-15-7-10/h2-3,6,8,10H,4-5,7,14H2,1H3. The van der Waals surface area contributed by atoms with E-state index in [0.717, 1.165) is 18.6 Å². The van der Waals surface area contributed by atoms with Crippen molar-refractivity contribution in [3.8, 4) is 5.75 Å². The quantitative estimate of drug-likeness (QED) is 0.885. The molecule has 2 N–H and O–H groups in total. The summed E-state index contributed by atoms with van der Waals surface area (Å²) in [5.41, 5.74) is 6.79. The maximum atomic E-state index is 6.13. The molecule has 1 aliphatic heterocycles. The minimum absolute atomic E-state index is 0.0126. The van der Waals surface area contributed by atoms with Gasteiger partial charge in [-0.2, -0.15) is 0 Å². The first kappa shape index (κ1) is 11.7. The molecule has 0 radical (unpaired) electrons. The van der Waals surface area contributed by atoms with Gasteiger partial charge in [0.25, 0.3) is 0 Å². The normalized spacial score (nSPS) is 22.1. The maximum Gasteiger partial charge on any atom is 0.138 e. The van der Waals surface area contributed by atoms with Gasteiger partial charge in [-0.25, -0.2) is 0 Å². The third-order valence-corrected chi connectivity index (χ3v) is 2.96. The van der Waals surface area contributed by atoms with Gasteiger partial charge < -0.3 is 15.2 Å². The number of hydrogen-bond donors (Lipinski definition) is 1. The van der Waals surface area contributed by atoms with E-state index in [9.17, 15) is 0 Å². The lowest BCUT2D eigenvalue weighted by molar-refractivity contribution is 0.141. The zero-order valence-electron chi connectivity index (χ0n) is 9.28. The van der Waals surface area contributed by atoms with E-state index < -0.39 is 0 Å². The number of nitrogens with two attached hydrogens (primary N) is 1. The molecule has 3 nitrogen and oxygen atoms in total. The number of hydrogen-bond acceptors (Lipinski definition) is 3. The van der Waals surface area contributed by atoms with Crippen molar-refractivity contribution in [2.75, 3.05) is 13.2 Å². The van der Waals surface area contributed by atoms with Crippen LogP contribution >= 0.6 is 11.6 Å². The first-order chi connectivity index (χ1) is 7.66. The van der Waals surface area contributed by atoms with E-state index in [1.165, 1.54) is 0 Å². The second-order valence-electron chi connectivity index (χ2n) is 4.08. The third kappa shape index (κ3) is 2.67. The highest BCUT2D eigenvalue weighted by Crippen LogP contribution is 2.29. The zero-order valence-corrected chi connectivity index (χ0v) is 10.0. The van der Waals surface area contributed by atoms with Crippen LogP contribution in [-0.4, -0.2) is 19.3 Å². The van der Waals surface area contributed by atoms with E-state index in [4.69, 9.17) is 26.8 Å². The van der Waals surface area contributed by atoms with Crippen LogP contribution in [0, 0.1) is 0 Å². The Morgan fingerprint density at radius 2 is 2.38 bits per heavy atom. The maximum absolute atomic E-state index is 6.13. The van der Waals surface area contributed by atoms with Gasteiger partial charge in [-0.15, -0.1) is 0 Å². The highest BCUT2D eigenvalue weighted by atomic mass is 35.5. The van der Waals surface area contributed by atoms with Crippen molar-refractivity contribution in [2.45, 2.75) is 25.5 Å². The van der Waals surface area contributed by atoms with Gasteiger partial charge in [0.15, 0.2) is 0 Å². The summed E-state index contributed by atoms with van der Waals surface area (Å²) in [7, 11) is 0. The molecule has 1 fully saturated rings. The van der Waals surface area contributed by atoms with Crippen LogP contribution in [0.3, 0.4) is 0 Å². The van der Waals surface area contributed by atoms with Gasteiger partial charge in [0.05, 0.1) is 18.2 Å². The fourth-order valence-corrected chi connectivity index (χ4v) is 1.91. The summed E-state index contributed by atoms with van der Waals surface area (Å²) in [5, 5.41) is 0.613. The summed E-state index contributed by atoms with van der Waals surface area (Å²) in [6, 6.07) is 5.67. The molecule has 0 aromatic heterocycles. The Labute approximate surface area is 100 Å².